The number of piperazine rings is 1. The number of alkyl halides is 3. The molecule has 1 amide bonds. The minimum Gasteiger partial charge on any atom is -0.340 e. The van der Waals surface area contributed by atoms with Gasteiger partial charge in [0.25, 0.3) is 0 Å². The second-order valence-corrected chi connectivity index (χ2v) is 9.23. The number of carbonyl (C=O) groups excluding carboxylic acids is 1. The van der Waals surface area contributed by atoms with Crippen LogP contribution >= 0.6 is 11.6 Å². The molecule has 0 bridgehead atoms. The molecule has 3 rings (SSSR count). The maximum atomic E-state index is 13.0. The van der Waals surface area contributed by atoms with Crippen molar-refractivity contribution in [2.45, 2.75) is 23.9 Å². The number of halogens is 4. The van der Waals surface area contributed by atoms with Crippen molar-refractivity contribution < 1.29 is 26.4 Å². The van der Waals surface area contributed by atoms with Crippen LogP contribution in [-0.2, 0) is 27.4 Å². The summed E-state index contributed by atoms with van der Waals surface area (Å²) in [6.07, 6.45) is -3.80. The van der Waals surface area contributed by atoms with E-state index in [9.17, 15) is 26.4 Å². The highest BCUT2D eigenvalue weighted by Crippen LogP contribution is 2.34. The molecule has 30 heavy (non-hydrogen) atoms. The molecule has 2 aromatic carbocycles. The molecular formula is C20H20ClF3N2O3S. The Morgan fingerprint density at radius 2 is 1.63 bits per heavy atom. The molecule has 0 saturated carbocycles. The van der Waals surface area contributed by atoms with Gasteiger partial charge in [0.15, 0.2) is 0 Å². The monoisotopic (exact) mass is 460 g/mol. The van der Waals surface area contributed by atoms with E-state index < -0.39 is 26.7 Å². The van der Waals surface area contributed by atoms with Crippen LogP contribution in [0.25, 0.3) is 0 Å². The quantitative estimate of drug-likeness (QED) is 0.681. The summed E-state index contributed by atoms with van der Waals surface area (Å²) in [6, 6.07) is 11.7. The van der Waals surface area contributed by atoms with Gasteiger partial charge in [-0.1, -0.05) is 41.9 Å². The van der Waals surface area contributed by atoms with Crippen molar-refractivity contribution in [3.05, 3.63) is 64.7 Å². The van der Waals surface area contributed by atoms with Gasteiger partial charge in [0.1, 0.15) is 4.90 Å². The summed E-state index contributed by atoms with van der Waals surface area (Å²) in [4.78, 5) is 13.4. The Hall–Kier alpha value is -2.10. The van der Waals surface area contributed by atoms with Crippen molar-refractivity contribution in [2.24, 2.45) is 0 Å². The van der Waals surface area contributed by atoms with Crippen LogP contribution < -0.4 is 0 Å². The summed E-state index contributed by atoms with van der Waals surface area (Å²) < 4.78 is 65.7. The summed E-state index contributed by atoms with van der Waals surface area (Å²) in [7, 11) is -4.22. The fraction of sp³-hybridized carbons (Fsp3) is 0.350. The molecule has 1 aliphatic rings. The molecule has 1 fully saturated rings. The summed E-state index contributed by atoms with van der Waals surface area (Å²) in [5.41, 5.74) is -0.0496. The molecule has 0 atom stereocenters. The Balaban J connectivity index is 1.65. The summed E-state index contributed by atoms with van der Waals surface area (Å²) in [6.45, 7) is 0.324. The van der Waals surface area contributed by atoms with E-state index in [-0.39, 0.29) is 37.1 Å². The molecule has 2 aromatic rings. The van der Waals surface area contributed by atoms with Gasteiger partial charge in [0.2, 0.25) is 15.9 Å². The average molecular weight is 461 g/mol. The molecule has 1 aliphatic heterocycles. The zero-order chi connectivity index (χ0) is 21.9. The number of aryl methyl sites for hydroxylation is 1. The molecule has 0 radical (unpaired) electrons. The van der Waals surface area contributed by atoms with Crippen LogP contribution in [0.4, 0.5) is 13.2 Å². The molecule has 0 spiro atoms. The molecule has 0 N–H and O–H groups in total. The fourth-order valence-electron chi connectivity index (χ4n) is 3.25. The van der Waals surface area contributed by atoms with E-state index in [4.69, 9.17) is 11.6 Å². The predicted octanol–water partition coefficient (Wildman–Crippen LogP) is 3.82. The largest absolute Gasteiger partial charge is 0.416 e. The van der Waals surface area contributed by atoms with Crippen molar-refractivity contribution in [3.63, 3.8) is 0 Å². The minimum absolute atomic E-state index is 0.00795. The number of hydrogen-bond acceptors (Lipinski definition) is 3. The van der Waals surface area contributed by atoms with Crippen LogP contribution in [-0.4, -0.2) is 49.7 Å². The Kier molecular flexibility index (Phi) is 6.74. The van der Waals surface area contributed by atoms with Crippen molar-refractivity contribution in [1.82, 2.24) is 9.21 Å². The SMILES string of the molecule is O=C(CCc1ccccc1)N1CCN(S(=O)(=O)c2cc(C(F)(F)F)ccc2Cl)CC1. The first-order valence-corrected chi connectivity index (χ1v) is 11.1. The third kappa shape index (κ3) is 5.14. The molecule has 1 heterocycles. The van der Waals surface area contributed by atoms with Crippen LogP contribution in [0.15, 0.2) is 53.4 Å². The van der Waals surface area contributed by atoms with Gasteiger partial charge >= 0.3 is 6.18 Å². The molecular weight excluding hydrogens is 441 g/mol. The number of rotatable bonds is 5. The van der Waals surface area contributed by atoms with Gasteiger partial charge in [-0.05, 0) is 30.2 Å². The van der Waals surface area contributed by atoms with Crippen molar-refractivity contribution in [1.29, 1.82) is 0 Å². The normalized spacial score (nSPS) is 15.9. The van der Waals surface area contributed by atoms with Crippen LogP contribution in [0.2, 0.25) is 5.02 Å². The third-order valence-corrected chi connectivity index (χ3v) is 7.32. The summed E-state index contributed by atoms with van der Waals surface area (Å²) >= 11 is 5.89. The molecule has 10 heteroatoms. The van der Waals surface area contributed by atoms with Gasteiger partial charge in [-0.15, -0.1) is 0 Å². The van der Waals surface area contributed by atoms with E-state index in [0.717, 1.165) is 22.0 Å². The van der Waals surface area contributed by atoms with Gasteiger partial charge < -0.3 is 4.90 Å². The first-order chi connectivity index (χ1) is 14.1. The van der Waals surface area contributed by atoms with Gasteiger partial charge in [-0.25, -0.2) is 8.42 Å². The molecule has 5 nitrogen and oxygen atoms in total. The lowest BCUT2D eigenvalue weighted by atomic mass is 10.1. The first kappa shape index (κ1) is 22.6. The van der Waals surface area contributed by atoms with E-state index in [1.54, 1.807) is 4.90 Å². The Morgan fingerprint density at radius 3 is 2.23 bits per heavy atom. The number of sulfonamides is 1. The lowest BCUT2D eigenvalue weighted by molar-refractivity contribution is -0.137. The highest BCUT2D eigenvalue weighted by Gasteiger charge is 2.35. The van der Waals surface area contributed by atoms with Crippen LogP contribution in [0.5, 0.6) is 0 Å². The fourth-order valence-corrected chi connectivity index (χ4v) is 5.17. The molecule has 0 aliphatic carbocycles. The Labute approximate surface area is 178 Å². The standard InChI is InChI=1S/C20H20ClF3N2O3S/c21-17-8-7-16(20(22,23)24)14-18(17)30(28,29)26-12-10-25(11-13-26)19(27)9-6-15-4-2-1-3-5-15/h1-5,7-8,14H,6,9-13H2. The number of amides is 1. The first-order valence-electron chi connectivity index (χ1n) is 9.27. The lowest BCUT2D eigenvalue weighted by Gasteiger charge is -2.34. The highest BCUT2D eigenvalue weighted by molar-refractivity contribution is 7.89. The van der Waals surface area contributed by atoms with Crippen LogP contribution in [0.1, 0.15) is 17.5 Å². The number of hydrogen-bond donors (Lipinski definition) is 0. The molecule has 0 aromatic heterocycles. The zero-order valence-corrected chi connectivity index (χ0v) is 17.5. The molecule has 1 saturated heterocycles. The highest BCUT2D eigenvalue weighted by atomic mass is 35.5. The van der Waals surface area contributed by atoms with Crippen LogP contribution in [0, 0.1) is 0 Å². The second-order valence-electron chi connectivity index (χ2n) is 6.91. The number of nitrogens with zero attached hydrogens (tertiary/aromatic N) is 2. The summed E-state index contributed by atoms with van der Waals surface area (Å²) in [5, 5.41) is -0.274. The lowest BCUT2D eigenvalue weighted by Crippen LogP contribution is -2.50. The van der Waals surface area contributed by atoms with Crippen molar-refractivity contribution >= 4 is 27.5 Å². The maximum Gasteiger partial charge on any atom is 0.416 e. The maximum absolute atomic E-state index is 13.0. The van der Waals surface area contributed by atoms with E-state index in [1.807, 2.05) is 30.3 Å². The van der Waals surface area contributed by atoms with Gasteiger partial charge in [-0.2, -0.15) is 17.5 Å². The zero-order valence-electron chi connectivity index (χ0n) is 15.9. The van der Waals surface area contributed by atoms with Crippen LogP contribution in [0.3, 0.4) is 0 Å². The van der Waals surface area contributed by atoms with E-state index in [2.05, 4.69) is 0 Å². The number of benzene rings is 2. The smallest absolute Gasteiger partial charge is 0.340 e. The van der Waals surface area contributed by atoms with Crippen molar-refractivity contribution in [2.75, 3.05) is 26.2 Å². The Morgan fingerprint density at radius 1 is 1.00 bits per heavy atom. The van der Waals surface area contributed by atoms with E-state index >= 15 is 0 Å². The summed E-state index contributed by atoms with van der Waals surface area (Å²) in [5.74, 6) is -0.0898. The second kappa shape index (κ2) is 8.95. The molecule has 0 unspecified atom stereocenters. The third-order valence-electron chi connectivity index (χ3n) is 4.94. The van der Waals surface area contributed by atoms with Crippen molar-refractivity contribution in [3.8, 4) is 0 Å². The topological polar surface area (TPSA) is 57.7 Å². The van der Waals surface area contributed by atoms with Gasteiger partial charge in [-0.3, -0.25) is 4.79 Å². The average Bonchev–Trinajstić information content (AvgIpc) is 2.72. The molecule has 162 valence electrons. The number of carbonyl (C=O) groups is 1. The van der Waals surface area contributed by atoms with Gasteiger partial charge in [0.05, 0.1) is 10.6 Å². The predicted molar refractivity (Wildman–Crippen MR) is 107 cm³/mol. The van der Waals surface area contributed by atoms with E-state index in [0.29, 0.717) is 18.9 Å². The minimum atomic E-state index is -4.68. The van der Waals surface area contributed by atoms with E-state index in [1.165, 1.54) is 0 Å². The van der Waals surface area contributed by atoms with Gasteiger partial charge in [0, 0.05) is 32.6 Å². The Bertz CT molecular complexity index is 1010.